The van der Waals surface area contributed by atoms with Crippen LogP contribution >= 0.6 is 28.3 Å². The molecule has 24 heavy (non-hydrogen) atoms. The summed E-state index contributed by atoms with van der Waals surface area (Å²) in [7, 11) is 1.56. The van der Waals surface area contributed by atoms with Crippen LogP contribution in [0.25, 0.3) is 0 Å². The van der Waals surface area contributed by atoms with Gasteiger partial charge >= 0.3 is 0 Å². The van der Waals surface area contributed by atoms with Gasteiger partial charge in [0, 0.05) is 17.2 Å². The number of nitrogens with two attached hydrogens (primary N) is 1. The Balaban J connectivity index is 0.00000288. The molecule has 0 aliphatic heterocycles. The van der Waals surface area contributed by atoms with Crippen LogP contribution in [0, 0.1) is 6.92 Å². The summed E-state index contributed by atoms with van der Waals surface area (Å²) >= 11 is 3.37. The minimum atomic E-state index is -0.295. The van der Waals surface area contributed by atoms with Crippen molar-refractivity contribution in [1.29, 1.82) is 0 Å². The van der Waals surface area contributed by atoms with Gasteiger partial charge in [0.2, 0.25) is 5.91 Å². The van der Waals surface area contributed by atoms with Crippen LogP contribution in [-0.2, 0) is 11.3 Å². The number of benzene rings is 1. The van der Waals surface area contributed by atoms with Gasteiger partial charge in [-0.15, -0.1) is 12.4 Å². The number of rotatable bonds is 5. The molecule has 6 nitrogen and oxygen atoms in total. The fourth-order valence-corrected chi connectivity index (χ4v) is 2.54. The number of nitrogens with one attached hydrogen (secondary N) is 1. The smallest absolute Gasteiger partial charge is 0.257 e. The average Bonchev–Trinajstić information content (AvgIpc) is 2.98. The first-order chi connectivity index (χ1) is 10.9. The summed E-state index contributed by atoms with van der Waals surface area (Å²) in [6.07, 6.45) is 1.35. The highest BCUT2D eigenvalue weighted by atomic mass is 79.9. The topological polar surface area (TPSA) is 88.6 Å². The molecule has 1 aromatic carbocycles. The lowest BCUT2D eigenvalue weighted by Crippen LogP contribution is -2.34. The number of halogens is 2. The maximum absolute atomic E-state index is 12.2. The highest BCUT2D eigenvalue weighted by molar-refractivity contribution is 9.10. The SMILES string of the molecule is Cc1cc(Br)ccc1NC(=O)CN(C)C(=O)c1coc(CN)c1.Cl. The van der Waals surface area contributed by atoms with Gasteiger partial charge in [0.15, 0.2) is 0 Å². The number of hydrogen-bond acceptors (Lipinski definition) is 4. The second-order valence-electron chi connectivity index (χ2n) is 5.17. The Kier molecular flexibility index (Phi) is 7.47. The van der Waals surface area contributed by atoms with Crippen LogP contribution in [0.2, 0.25) is 0 Å². The van der Waals surface area contributed by atoms with Crippen molar-refractivity contribution in [2.75, 3.05) is 18.9 Å². The summed E-state index contributed by atoms with van der Waals surface area (Å²) in [5.74, 6) is -0.0402. The van der Waals surface area contributed by atoms with Gasteiger partial charge < -0.3 is 20.4 Å². The van der Waals surface area contributed by atoms with E-state index < -0.39 is 0 Å². The molecule has 0 aliphatic carbocycles. The molecule has 0 fully saturated rings. The van der Waals surface area contributed by atoms with Gasteiger partial charge in [-0.1, -0.05) is 15.9 Å². The summed E-state index contributed by atoms with van der Waals surface area (Å²) in [4.78, 5) is 25.6. The molecule has 0 radical (unpaired) electrons. The lowest BCUT2D eigenvalue weighted by molar-refractivity contribution is -0.116. The molecule has 2 aromatic rings. The molecule has 0 aliphatic rings. The van der Waals surface area contributed by atoms with Gasteiger partial charge in [-0.2, -0.15) is 0 Å². The van der Waals surface area contributed by atoms with Crippen LogP contribution in [0.5, 0.6) is 0 Å². The zero-order valence-corrected chi connectivity index (χ0v) is 15.7. The number of nitrogens with zero attached hydrogens (tertiary/aromatic N) is 1. The molecule has 2 rings (SSSR count). The second kappa shape index (κ2) is 8.86. The first-order valence-electron chi connectivity index (χ1n) is 6.99. The molecule has 0 bridgehead atoms. The first-order valence-corrected chi connectivity index (χ1v) is 7.79. The number of hydrogen-bond donors (Lipinski definition) is 2. The monoisotopic (exact) mass is 415 g/mol. The van der Waals surface area contributed by atoms with E-state index in [0.717, 1.165) is 10.0 Å². The molecule has 130 valence electrons. The van der Waals surface area contributed by atoms with Gasteiger partial charge in [-0.25, -0.2) is 0 Å². The van der Waals surface area contributed by atoms with E-state index in [1.54, 1.807) is 13.1 Å². The van der Waals surface area contributed by atoms with E-state index >= 15 is 0 Å². The maximum Gasteiger partial charge on any atom is 0.257 e. The van der Waals surface area contributed by atoms with Crippen LogP contribution in [0.15, 0.2) is 39.4 Å². The Morgan fingerprint density at radius 1 is 1.33 bits per heavy atom. The number of furan rings is 1. The minimum absolute atomic E-state index is 0. The van der Waals surface area contributed by atoms with Gasteiger partial charge in [-0.3, -0.25) is 9.59 Å². The predicted molar refractivity (Wildman–Crippen MR) is 98.3 cm³/mol. The average molecular weight is 417 g/mol. The summed E-state index contributed by atoms with van der Waals surface area (Å²) in [5.41, 5.74) is 7.47. The number of amides is 2. The van der Waals surface area contributed by atoms with Crippen molar-refractivity contribution in [3.63, 3.8) is 0 Å². The molecular weight excluding hydrogens is 398 g/mol. The molecule has 0 unspecified atom stereocenters. The van der Waals surface area contributed by atoms with Crippen molar-refractivity contribution in [3.05, 3.63) is 51.9 Å². The van der Waals surface area contributed by atoms with E-state index in [4.69, 9.17) is 10.2 Å². The Labute approximate surface area is 154 Å². The Morgan fingerprint density at radius 3 is 2.62 bits per heavy atom. The highest BCUT2D eigenvalue weighted by Gasteiger charge is 2.17. The molecule has 2 amide bonds. The number of anilines is 1. The molecule has 3 N–H and O–H groups in total. The summed E-state index contributed by atoms with van der Waals surface area (Å²) < 4.78 is 6.08. The Morgan fingerprint density at radius 2 is 2.04 bits per heavy atom. The predicted octanol–water partition coefficient (Wildman–Crippen LogP) is 2.94. The zero-order valence-electron chi connectivity index (χ0n) is 13.3. The van der Waals surface area contributed by atoms with Crippen molar-refractivity contribution >= 4 is 45.8 Å². The Hall–Kier alpha value is -1.83. The fraction of sp³-hybridized carbons (Fsp3) is 0.250. The van der Waals surface area contributed by atoms with E-state index in [1.807, 2.05) is 25.1 Å². The van der Waals surface area contributed by atoms with Gasteiger partial charge in [0.05, 0.1) is 18.7 Å². The summed E-state index contributed by atoms with van der Waals surface area (Å²) in [5, 5.41) is 2.79. The van der Waals surface area contributed by atoms with Crippen molar-refractivity contribution in [1.82, 2.24) is 4.90 Å². The van der Waals surface area contributed by atoms with Crippen LogP contribution in [0.4, 0.5) is 5.69 Å². The van der Waals surface area contributed by atoms with E-state index in [2.05, 4.69) is 21.2 Å². The highest BCUT2D eigenvalue weighted by Crippen LogP contribution is 2.20. The molecule has 0 saturated heterocycles. The van der Waals surface area contributed by atoms with Crippen molar-refractivity contribution in [3.8, 4) is 0 Å². The number of carbonyl (C=O) groups excluding carboxylic acids is 2. The third-order valence-electron chi connectivity index (χ3n) is 3.29. The normalized spacial score (nSPS) is 10.0. The molecule has 0 saturated carbocycles. The second-order valence-corrected chi connectivity index (χ2v) is 6.09. The maximum atomic E-state index is 12.2. The van der Waals surface area contributed by atoms with E-state index in [1.165, 1.54) is 11.2 Å². The van der Waals surface area contributed by atoms with Gasteiger partial charge in [0.25, 0.3) is 5.91 Å². The quantitative estimate of drug-likeness (QED) is 0.784. The number of likely N-dealkylation sites (N-methyl/N-ethyl adjacent to an activating group) is 1. The Bertz CT molecular complexity index is 733. The minimum Gasteiger partial charge on any atom is -0.467 e. The zero-order chi connectivity index (χ0) is 17.0. The summed E-state index contributed by atoms with van der Waals surface area (Å²) in [6.45, 7) is 2.06. The lowest BCUT2D eigenvalue weighted by atomic mass is 10.2. The van der Waals surface area contributed by atoms with E-state index in [9.17, 15) is 9.59 Å². The third-order valence-corrected chi connectivity index (χ3v) is 3.79. The lowest BCUT2D eigenvalue weighted by Gasteiger charge is -2.16. The molecular formula is C16H19BrClN3O3. The first kappa shape index (κ1) is 20.2. The van der Waals surface area contributed by atoms with Crippen LogP contribution in [0.1, 0.15) is 21.7 Å². The molecule has 0 spiro atoms. The van der Waals surface area contributed by atoms with Crippen LogP contribution < -0.4 is 11.1 Å². The van der Waals surface area contributed by atoms with Crippen molar-refractivity contribution < 1.29 is 14.0 Å². The molecule has 0 atom stereocenters. The molecule has 1 heterocycles. The van der Waals surface area contributed by atoms with Crippen LogP contribution in [-0.4, -0.2) is 30.3 Å². The molecule has 1 aromatic heterocycles. The van der Waals surface area contributed by atoms with Gasteiger partial charge in [-0.05, 0) is 36.8 Å². The summed E-state index contributed by atoms with van der Waals surface area (Å²) in [6, 6.07) is 7.14. The third kappa shape index (κ3) is 5.09. The van der Waals surface area contributed by atoms with Crippen molar-refractivity contribution in [2.24, 2.45) is 5.73 Å². The standard InChI is InChI=1S/C16H18BrN3O3.ClH/c1-10-5-12(17)3-4-14(10)19-15(21)8-20(2)16(22)11-6-13(7-18)23-9-11;/h3-6,9H,7-8,18H2,1-2H3,(H,19,21);1H. The van der Waals surface area contributed by atoms with Crippen LogP contribution in [0.3, 0.4) is 0 Å². The van der Waals surface area contributed by atoms with Crippen molar-refractivity contribution in [2.45, 2.75) is 13.5 Å². The molecule has 8 heteroatoms. The number of carbonyl (C=O) groups is 2. The number of aryl methyl sites for hydroxylation is 1. The van der Waals surface area contributed by atoms with Gasteiger partial charge in [0.1, 0.15) is 12.0 Å². The fourth-order valence-electron chi connectivity index (χ4n) is 2.06. The van der Waals surface area contributed by atoms with E-state index in [-0.39, 0.29) is 37.3 Å². The largest absolute Gasteiger partial charge is 0.467 e. The van der Waals surface area contributed by atoms with E-state index in [0.29, 0.717) is 17.0 Å².